The molecule has 0 aliphatic heterocycles. The molecule has 0 saturated carbocycles. The van der Waals surface area contributed by atoms with Crippen molar-refractivity contribution >= 4 is 11.9 Å². The number of carbonyl (C=O) groups excluding carboxylic acids is 1. The molecule has 0 saturated heterocycles. The van der Waals surface area contributed by atoms with Gasteiger partial charge in [0, 0.05) is 6.54 Å². The summed E-state index contributed by atoms with van der Waals surface area (Å²) in [6.45, 7) is 0.0188. The molecule has 0 spiro atoms. The third kappa shape index (κ3) is 3.35. The van der Waals surface area contributed by atoms with Crippen molar-refractivity contribution in [2.24, 2.45) is 0 Å². The molecule has 0 radical (unpaired) electrons. The number of benzene rings is 1. The Labute approximate surface area is 117 Å². The summed E-state index contributed by atoms with van der Waals surface area (Å²) in [4.78, 5) is 29.2. The molecule has 108 valence electrons. The van der Waals surface area contributed by atoms with Gasteiger partial charge < -0.3 is 10.4 Å². The van der Waals surface area contributed by atoms with E-state index in [-0.39, 0.29) is 6.54 Å². The Hall–Kier alpha value is -2.90. The number of carbonyl (C=O) groups is 2. The average molecular weight is 293 g/mol. The molecule has 6 nitrogen and oxygen atoms in total. The zero-order chi connectivity index (χ0) is 15.4. The molecule has 2 aromatic rings. The highest BCUT2D eigenvalue weighted by Gasteiger charge is 2.21. The maximum absolute atomic E-state index is 13.7. The van der Waals surface area contributed by atoms with Crippen LogP contribution in [0.4, 0.5) is 8.78 Å². The van der Waals surface area contributed by atoms with Gasteiger partial charge in [0.2, 0.25) is 0 Å². The summed E-state index contributed by atoms with van der Waals surface area (Å²) < 4.78 is 26.5. The van der Waals surface area contributed by atoms with E-state index in [4.69, 9.17) is 5.11 Å². The van der Waals surface area contributed by atoms with Crippen LogP contribution in [0.25, 0.3) is 0 Å². The lowest BCUT2D eigenvalue weighted by Gasteiger charge is -2.06. The highest BCUT2D eigenvalue weighted by molar-refractivity contribution is 5.95. The smallest absolute Gasteiger partial charge is 0.357 e. The van der Waals surface area contributed by atoms with Crippen molar-refractivity contribution in [1.29, 1.82) is 0 Å². The van der Waals surface area contributed by atoms with Crippen LogP contribution in [-0.2, 0) is 6.54 Å². The minimum absolute atomic E-state index is 0.0188. The first kappa shape index (κ1) is 14.5. The Kier molecular flexibility index (Phi) is 4.17. The van der Waals surface area contributed by atoms with E-state index >= 15 is 0 Å². The van der Waals surface area contributed by atoms with Crippen LogP contribution in [-0.4, -0.2) is 27.0 Å². The molecule has 0 aliphatic rings. The van der Waals surface area contributed by atoms with Crippen LogP contribution in [0.3, 0.4) is 0 Å². The molecule has 1 amide bonds. The fourth-order valence-electron chi connectivity index (χ4n) is 1.55. The Bertz CT molecular complexity index is 690. The third-order valence-electron chi connectivity index (χ3n) is 2.57. The zero-order valence-corrected chi connectivity index (χ0v) is 10.5. The standard InChI is InChI=1S/C13H9F2N3O3/c14-8-3-1-7(2-4-8)5-16-12(19)10-9(15)11(13(20)21)18-6-17-10/h1-4,6H,5H2,(H,16,19)(H,20,21). The lowest BCUT2D eigenvalue weighted by molar-refractivity contribution is 0.0684. The first-order valence-electron chi connectivity index (χ1n) is 5.75. The van der Waals surface area contributed by atoms with E-state index < -0.39 is 34.9 Å². The lowest BCUT2D eigenvalue weighted by atomic mass is 10.2. The van der Waals surface area contributed by atoms with Gasteiger partial charge in [-0.05, 0) is 17.7 Å². The zero-order valence-electron chi connectivity index (χ0n) is 10.5. The van der Waals surface area contributed by atoms with Crippen molar-refractivity contribution in [1.82, 2.24) is 15.3 Å². The number of carboxylic acids is 1. The van der Waals surface area contributed by atoms with Gasteiger partial charge in [-0.15, -0.1) is 0 Å². The second-order valence-corrected chi connectivity index (χ2v) is 4.00. The lowest BCUT2D eigenvalue weighted by Crippen LogP contribution is -2.26. The minimum atomic E-state index is -1.59. The second kappa shape index (κ2) is 6.04. The highest BCUT2D eigenvalue weighted by atomic mass is 19.1. The van der Waals surface area contributed by atoms with Crippen LogP contribution in [0.15, 0.2) is 30.6 Å². The van der Waals surface area contributed by atoms with Crippen LogP contribution in [0.1, 0.15) is 26.5 Å². The van der Waals surface area contributed by atoms with Crippen molar-refractivity contribution in [2.45, 2.75) is 6.54 Å². The van der Waals surface area contributed by atoms with Gasteiger partial charge in [0.1, 0.15) is 12.1 Å². The van der Waals surface area contributed by atoms with E-state index in [0.29, 0.717) is 5.56 Å². The number of aromatic nitrogens is 2. The number of nitrogens with one attached hydrogen (secondary N) is 1. The van der Waals surface area contributed by atoms with Crippen LogP contribution >= 0.6 is 0 Å². The average Bonchev–Trinajstić information content (AvgIpc) is 2.46. The topological polar surface area (TPSA) is 92.2 Å². The maximum Gasteiger partial charge on any atom is 0.357 e. The first-order chi connectivity index (χ1) is 9.99. The van der Waals surface area contributed by atoms with Crippen molar-refractivity contribution in [3.8, 4) is 0 Å². The predicted octanol–water partition coefficient (Wildman–Crippen LogP) is 1.38. The van der Waals surface area contributed by atoms with Gasteiger partial charge in [0.15, 0.2) is 17.2 Å². The summed E-state index contributed by atoms with van der Waals surface area (Å²) in [5.74, 6) is -4.20. The number of hydrogen-bond donors (Lipinski definition) is 2. The SMILES string of the molecule is O=C(O)c1ncnc(C(=O)NCc2ccc(F)cc2)c1F. The Morgan fingerprint density at radius 1 is 1.10 bits per heavy atom. The number of rotatable bonds is 4. The number of halogens is 2. The van der Waals surface area contributed by atoms with Crippen LogP contribution in [0.5, 0.6) is 0 Å². The van der Waals surface area contributed by atoms with E-state index in [9.17, 15) is 18.4 Å². The van der Waals surface area contributed by atoms with Gasteiger partial charge in [-0.2, -0.15) is 0 Å². The molecule has 0 aliphatic carbocycles. The van der Waals surface area contributed by atoms with Gasteiger partial charge in [-0.1, -0.05) is 12.1 Å². The molecular formula is C13H9F2N3O3. The Morgan fingerprint density at radius 2 is 1.71 bits per heavy atom. The van der Waals surface area contributed by atoms with E-state index in [2.05, 4.69) is 15.3 Å². The number of nitrogens with zero attached hydrogens (tertiary/aromatic N) is 2. The number of hydrogen-bond acceptors (Lipinski definition) is 4. The fraction of sp³-hybridized carbons (Fsp3) is 0.0769. The summed E-state index contributed by atoms with van der Waals surface area (Å²) in [6.07, 6.45) is 0.791. The molecule has 0 atom stereocenters. The van der Waals surface area contributed by atoms with Crippen LogP contribution < -0.4 is 5.32 Å². The summed E-state index contributed by atoms with van der Waals surface area (Å²) in [5, 5.41) is 11.1. The quantitative estimate of drug-likeness (QED) is 0.888. The van der Waals surface area contributed by atoms with Gasteiger partial charge in [0.05, 0.1) is 0 Å². The normalized spacial score (nSPS) is 10.2. The van der Waals surface area contributed by atoms with Gasteiger partial charge in [-0.25, -0.2) is 23.5 Å². The van der Waals surface area contributed by atoms with E-state index in [1.54, 1.807) is 0 Å². The van der Waals surface area contributed by atoms with Gasteiger partial charge in [0.25, 0.3) is 5.91 Å². The Morgan fingerprint density at radius 3 is 2.33 bits per heavy atom. The monoisotopic (exact) mass is 293 g/mol. The Balaban J connectivity index is 2.12. The highest BCUT2D eigenvalue weighted by Crippen LogP contribution is 2.08. The van der Waals surface area contributed by atoms with E-state index in [0.717, 1.165) is 6.33 Å². The van der Waals surface area contributed by atoms with Crippen molar-refractivity contribution in [3.05, 3.63) is 59.2 Å². The third-order valence-corrected chi connectivity index (χ3v) is 2.57. The molecule has 2 rings (SSSR count). The van der Waals surface area contributed by atoms with Crippen LogP contribution in [0.2, 0.25) is 0 Å². The summed E-state index contributed by atoms with van der Waals surface area (Å²) in [6, 6.07) is 5.34. The van der Waals surface area contributed by atoms with Crippen molar-refractivity contribution in [3.63, 3.8) is 0 Å². The number of carboxylic acid groups (broad SMARTS) is 1. The molecule has 8 heteroatoms. The molecular weight excluding hydrogens is 284 g/mol. The largest absolute Gasteiger partial charge is 0.476 e. The first-order valence-corrected chi connectivity index (χ1v) is 5.75. The van der Waals surface area contributed by atoms with Crippen molar-refractivity contribution < 1.29 is 23.5 Å². The number of aromatic carboxylic acids is 1. The molecule has 0 unspecified atom stereocenters. The van der Waals surface area contributed by atoms with Crippen molar-refractivity contribution in [2.75, 3.05) is 0 Å². The molecule has 1 heterocycles. The van der Waals surface area contributed by atoms with E-state index in [1.807, 2.05) is 0 Å². The number of amides is 1. The molecule has 2 N–H and O–H groups in total. The summed E-state index contributed by atoms with van der Waals surface area (Å²) >= 11 is 0. The summed E-state index contributed by atoms with van der Waals surface area (Å²) in [7, 11) is 0. The fourth-order valence-corrected chi connectivity index (χ4v) is 1.55. The minimum Gasteiger partial charge on any atom is -0.476 e. The second-order valence-electron chi connectivity index (χ2n) is 4.00. The molecule has 1 aromatic carbocycles. The van der Waals surface area contributed by atoms with E-state index in [1.165, 1.54) is 24.3 Å². The maximum atomic E-state index is 13.7. The molecule has 1 aromatic heterocycles. The van der Waals surface area contributed by atoms with Gasteiger partial charge >= 0.3 is 5.97 Å². The predicted molar refractivity (Wildman–Crippen MR) is 66.5 cm³/mol. The van der Waals surface area contributed by atoms with Crippen LogP contribution in [0, 0.1) is 11.6 Å². The molecule has 0 fully saturated rings. The molecule has 0 bridgehead atoms. The van der Waals surface area contributed by atoms with Gasteiger partial charge in [-0.3, -0.25) is 4.79 Å². The molecule has 21 heavy (non-hydrogen) atoms. The summed E-state index contributed by atoms with van der Waals surface area (Å²) in [5.41, 5.74) is -0.945.